The third-order valence-corrected chi connectivity index (χ3v) is 3.68. The maximum atomic E-state index is 12.5. The van der Waals surface area contributed by atoms with E-state index in [4.69, 9.17) is 18.9 Å². The Balaban J connectivity index is 1.92. The van der Waals surface area contributed by atoms with Crippen LogP contribution in [0.3, 0.4) is 0 Å². The molecule has 25 heavy (non-hydrogen) atoms. The number of Topliss-reactive ketones (excluding diaryl/α,β-unsaturated/α-hetero) is 1. The molecule has 0 spiro atoms. The minimum atomic E-state index is -0.159. The average Bonchev–Trinajstić information content (AvgIpc) is 2.89. The Labute approximate surface area is 146 Å². The van der Waals surface area contributed by atoms with Crippen molar-refractivity contribution < 1.29 is 23.7 Å². The highest BCUT2D eigenvalue weighted by molar-refractivity contribution is 6.14. The molecule has 0 aliphatic carbocycles. The predicted molar refractivity (Wildman–Crippen MR) is 94.7 cm³/mol. The van der Waals surface area contributed by atoms with Gasteiger partial charge in [0.05, 0.1) is 25.9 Å². The maximum absolute atomic E-state index is 12.5. The smallest absolute Gasteiger partial charge is 0.231 e. The van der Waals surface area contributed by atoms with Gasteiger partial charge in [0.2, 0.25) is 5.78 Å². The molecule has 0 amide bonds. The van der Waals surface area contributed by atoms with Gasteiger partial charge in [0.1, 0.15) is 23.0 Å². The second-order valence-electron chi connectivity index (χ2n) is 5.91. The fourth-order valence-corrected chi connectivity index (χ4v) is 2.58. The molecule has 2 aromatic rings. The van der Waals surface area contributed by atoms with E-state index in [2.05, 4.69) is 0 Å². The minimum Gasteiger partial charge on any atom is -0.497 e. The summed E-state index contributed by atoms with van der Waals surface area (Å²) >= 11 is 0. The Kier molecular flexibility index (Phi) is 4.65. The van der Waals surface area contributed by atoms with Crippen LogP contribution >= 0.6 is 0 Å². The lowest BCUT2D eigenvalue weighted by Crippen LogP contribution is -2.05. The summed E-state index contributed by atoms with van der Waals surface area (Å²) in [5, 5.41) is 0. The zero-order valence-electron chi connectivity index (χ0n) is 14.7. The van der Waals surface area contributed by atoms with Gasteiger partial charge >= 0.3 is 0 Å². The highest BCUT2D eigenvalue weighted by atomic mass is 16.5. The maximum Gasteiger partial charge on any atom is 0.231 e. The van der Waals surface area contributed by atoms with Gasteiger partial charge in [-0.1, -0.05) is 0 Å². The normalized spacial score (nSPS) is 14.4. The summed E-state index contributed by atoms with van der Waals surface area (Å²) in [5.41, 5.74) is 1.28. The van der Waals surface area contributed by atoms with Crippen molar-refractivity contribution in [2.75, 3.05) is 14.2 Å². The second kappa shape index (κ2) is 6.89. The summed E-state index contributed by atoms with van der Waals surface area (Å²) < 4.78 is 21.9. The number of ether oxygens (including phenoxy) is 4. The van der Waals surface area contributed by atoms with Crippen molar-refractivity contribution in [1.82, 2.24) is 0 Å². The lowest BCUT2D eigenvalue weighted by atomic mass is 10.1. The third-order valence-electron chi connectivity index (χ3n) is 3.68. The number of fused-ring (bicyclic) bond motifs is 1. The summed E-state index contributed by atoms with van der Waals surface area (Å²) in [6.45, 7) is 3.89. The Morgan fingerprint density at radius 1 is 0.960 bits per heavy atom. The summed E-state index contributed by atoms with van der Waals surface area (Å²) in [6.07, 6.45) is 1.73. The van der Waals surface area contributed by atoms with Crippen molar-refractivity contribution in [3.63, 3.8) is 0 Å². The van der Waals surface area contributed by atoms with Crippen LogP contribution in [0.25, 0.3) is 6.08 Å². The van der Waals surface area contributed by atoms with Gasteiger partial charge in [-0.3, -0.25) is 4.79 Å². The summed E-state index contributed by atoms with van der Waals surface area (Å²) in [6, 6.07) is 10.6. The van der Waals surface area contributed by atoms with E-state index in [0.29, 0.717) is 28.6 Å². The van der Waals surface area contributed by atoms with Crippen molar-refractivity contribution >= 4 is 11.9 Å². The molecule has 0 saturated carbocycles. The van der Waals surface area contributed by atoms with E-state index >= 15 is 0 Å². The first-order valence-electron chi connectivity index (χ1n) is 7.98. The zero-order valence-corrected chi connectivity index (χ0v) is 14.7. The molecule has 5 nitrogen and oxygen atoms in total. The number of hydrogen-bond acceptors (Lipinski definition) is 5. The SMILES string of the molecule is COc1cc(/C=C2\Oc3cc(OC(C)C)ccc3C2=O)cc(OC)c1. The fourth-order valence-electron chi connectivity index (χ4n) is 2.58. The molecule has 2 aromatic carbocycles. The molecule has 1 heterocycles. The molecular formula is C20H20O5. The number of rotatable bonds is 5. The van der Waals surface area contributed by atoms with Gasteiger partial charge in [0.25, 0.3) is 0 Å². The van der Waals surface area contributed by atoms with Crippen molar-refractivity contribution in [2.45, 2.75) is 20.0 Å². The molecule has 0 atom stereocenters. The molecule has 0 bridgehead atoms. The van der Waals surface area contributed by atoms with E-state index < -0.39 is 0 Å². The molecule has 0 saturated heterocycles. The van der Waals surface area contributed by atoms with E-state index in [1.54, 1.807) is 44.6 Å². The first-order chi connectivity index (χ1) is 12.0. The number of hydrogen-bond donors (Lipinski definition) is 0. The van der Waals surface area contributed by atoms with Crippen LogP contribution in [0.15, 0.2) is 42.2 Å². The van der Waals surface area contributed by atoms with E-state index in [-0.39, 0.29) is 17.6 Å². The van der Waals surface area contributed by atoms with Gasteiger partial charge in [-0.2, -0.15) is 0 Å². The average molecular weight is 340 g/mol. The minimum absolute atomic E-state index is 0.0504. The number of carbonyl (C=O) groups excluding carboxylic acids is 1. The molecule has 0 radical (unpaired) electrons. The largest absolute Gasteiger partial charge is 0.497 e. The van der Waals surface area contributed by atoms with Crippen LogP contribution in [0.5, 0.6) is 23.0 Å². The third kappa shape index (κ3) is 3.60. The Hall–Kier alpha value is -2.95. The van der Waals surface area contributed by atoms with Crippen molar-refractivity contribution in [1.29, 1.82) is 0 Å². The number of ketones is 1. The molecular weight excluding hydrogens is 320 g/mol. The van der Waals surface area contributed by atoms with Crippen molar-refractivity contribution in [3.8, 4) is 23.0 Å². The molecule has 130 valence electrons. The molecule has 5 heteroatoms. The molecule has 0 fully saturated rings. The summed E-state index contributed by atoms with van der Waals surface area (Å²) in [7, 11) is 3.16. The first-order valence-corrected chi connectivity index (χ1v) is 7.98. The Morgan fingerprint density at radius 3 is 2.24 bits per heavy atom. The van der Waals surface area contributed by atoms with Crippen LogP contribution in [-0.2, 0) is 0 Å². The second-order valence-corrected chi connectivity index (χ2v) is 5.91. The van der Waals surface area contributed by atoms with Crippen molar-refractivity contribution in [3.05, 3.63) is 53.3 Å². The molecule has 1 aliphatic heterocycles. The Bertz CT molecular complexity index is 814. The van der Waals surface area contributed by atoms with E-state index in [1.165, 1.54) is 0 Å². The number of carbonyl (C=O) groups is 1. The number of methoxy groups -OCH3 is 2. The van der Waals surface area contributed by atoms with Crippen LogP contribution in [0, 0.1) is 0 Å². The summed E-state index contributed by atoms with van der Waals surface area (Å²) in [5.74, 6) is 2.55. The molecule has 0 N–H and O–H groups in total. The van der Waals surface area contributed by atoms with Gasteiger partial charge in [-0.25, -0.2) is 0 Å². The van der Waals surface area contributed by atoms with Crippen LogP contribution in [0.2, 0.25) is 0 Å². The van der Waals surface area contributed by atoms with Gasteiger partial charge in [0, 0.05) is 12.1 Å². The highest BCUT2D eigenvalue weighted by Crippen LogP contribution is 2.35. The lowest BCUT2D eigenvalue weighted by molar-refractivity contribution is 0.101. The quantitative estimate of drug-likeness (QED) is 0.767. The van der Waals surface area contributed by atoms with Crippen molar-refractivity contribution in [2.24, 2.45) is 0 Å². The van der Waals surface area contributed by atoms with Crippen LogP contribution < -0.4 is 18.9 Å². The van der Waals surface area contributed by atoms with Gasteiger partial charge in [-0.05, 0) is 49.8 Å². The number of allylic oxidation sites excluding steroid dienone is 1. The van der Waals surface area contributed by atoms with Crippen LogP contribution in [-0.4, -0.2) is 26.1 Å². The number of benzene rings is 2. The Morgan fingerprint density at radius 2 is 1.64 bits per heavy atom. The predicted octanol–water partition coefficient (Wildman–Crippen LogP) is 4.11. The molecule has 1 aliphatic rings. The van der Waals surface area contributed by atoms with Gasteiger partial charge in [0.15, 0.2) is 5.76 Å². The molecule has 0 aromatic heterocycles. The van der Waals surface area contributed by atoms with E-state index in [0.717, 1.165) is 5.56 Å². The van der Waals surface area contributed by atoms with Gasteiger partial charge in [-0.15, -0.1) is 0 Å². The fraction of sp³-hybridized carbons (Fsp3) is 0.250. The molecule has 3 rings (SSSR count). The first kappa shape index (κ1) is 16.9. The van der Waals surface area contributed by atoms with E-state index in [1.807, 2.05) is 26.0 Å². The molecule has 0 unspecified atom stereocenters. The summed E-state index contributed by atoms with van der Waals surface area (Å²) in [4.78, 5) is 12.5. The topological polar surface area (TPSA) is 54.0 Å². The van der Waals surface area contributed by atoms with Crippen LogP contribution in [0.4, 0.5) is 0 Å². The zero-order chi connectivity index (χ0) is 18.0. The lowest BCUT2D eigenvalue weighted by Gasteiger charge is -2.09. The highest BCUT2D eigenvalue weighted by Gasteiger charge is 2.28. The van der Waals surface area contributed by atoms with E-state index in [9.17, 15) is 4.79 Å². The van der Waals surface area contributed by atoms with Gasteiger partial charge < -0.3 is 18.9 Å². The van der Waals surface area contributed by atoms with Crippen LogP contribution in [0.1, 0.15) is 29.8 Å². The standard InChI is InChI=1S/C20H20O5/c1-12(2)24-14-5-6-17-18(11-14)25-19(20(17)21)9-13-7-15(22-3)10-16(8-13)23-4/h5-12H,1-4H3/b19-9-. The monoisotopic (exact) mass is 340 g/mol.